The Balaban J connectivity index is 3.78. The van der Waals surface area contributed by atoms with Crippen molar-refractivity contribution in [3.63, 3.8) is 0 Å². The summed E-state index contributed by atoms with van der Waals surface area (Å²) in [6, 6.07) is 0. The summed E-state index contributed by atoms with van der Waals surface area (Å²) in [5.74, 6) is 0. The van der Waals surface area contributed by atoms with Crippen molar-refractivity contribution in [3.8, 4) is 0 Å². The summed E-state index contributed by atoms with van der Waals surface area (Å²) in [6.45, 7) is 4.17. The topological polar surface area (TPSA) is 32.6 Å². The minimum atomic E-state index is 0.935. The van der Waals surface area contributed by atoms with Gasteiger partial charge in [-0.2, -0.15) is 0 Å². The lowest BCUT2D eigenvalue weighted by Gasteiger charge is -1.92. The molecule has 0 aromatic carbocycles. The lowest BCUT2D eigenvalue weighted by molar-refractivity contribution is 0.321. The van der Waals surface area contributed by atoms with Crippen LogP contribution in [0.15, 0.2) is 16.8 Å². The maximum absolute atomic E-state index is 8.20. The van der Waals surface area contributed by atoms with Gasteiger partial charge >= 0.3 is 0 Å². The Morgan fingerprint density at radius 1 is 1.50 bits per heavy atom. The Morgan fingerprint density at radius 2 is 2.20 bits per heavy atom. The molecule has 10 heavy (non-hydrogen) atoms. The van der Waals surface area contributed by atoms with E-state index < -0.39 is 0 Å². The van der Waals surface area contributed by atoms with E-state index in [1.54, 1.807) is 0 Å². The van der Waals surface area contributed by atoms with Crippen LogP contribution in [0.3, 0.4) is 0 Å². The number of nitrogens with zero attached hydrogens (tertiary/aromatic N) is 1. The first kappa shape index (κ1) is 9.21. The molecule has 2 heteroatoms. The third-order valence-electron chi connectivity index (χ3n) is 1.33. The normalized spacial score (nSPS) is 12.8. The van der Waals surface area contributed by atoms with Crippen molar-refractivity contribution in [1.82, 2.24) is 0 Å². The predicted octanol–water partition coefficient (Wildman–Crippen LogP) is 2.58. The number of allylic oxidation sites excluding steroid dienone is 2. The van der Waals surface area contributed by atoms with Crippen LogP contribution < -0.4 is 0 Å². The van der Waals surface area contributed by atoms with Gasteiger partial charge in [0.2, 0.25) is 0 Å². The highest BCUT2D eigenvalue weighted by Gasteiger charge is 1.86. The molecule has 0 unspecified atom stereocenters. The summed E-state index contributed by atoms with van der Waals surface area (Å²) in [5, 5.41) is 11.2. The molecule has 0 amide bonds. The molecular formula is C8H15NO. The van der Waals surface area contributed by atoms with Crippen LogP contribution in [0.25, 0.3) is 0 Å². The SMILES string of the molecule is CCC/C=C(/C=N/O)CC. The molecule has 0 radical (unpaired) electrons. The Hall–Kier alpha value is -0.790. The van der Waals surface area contributed by atoms with E-state index >= 15 is 0 Å². The summed E-state index contributed by atoms with van der Waals surface area (Å²) in [4.78, 5) is 0. The zero-order valence-electron chi connectivity index (χ0n) is 6.67. The largest absolute Gasteiger partial charge is 0.411 e. The van der Waals surface area contributed by atoms with Crippen molar-refractivity contribution in [1.29, 1.82) is 0 Å². The zero-order chi connectivity index (χ0) is 7.82. The van der Waals surface area contributed by atoms with Gasteiger partial charge in [0, 0.05) is 0 Å². The van der Waals surface area contributed by atoms with Crippen molar-refractivity contribution >= 4 is 6.21 Å². The Kier molecular flexibility index (Phi) is 5.83. The first-order valence-electron chi connectivity index (χ1n) is 3.71. The van der Waals surface area contributed by atoms with Gasteiger partial charge in [-0.05, 0) is 18.4 Å². The molecule has 0 heterocycles. The molecular weight excluding hydrogens is 126 g/mol. The van der Waals surface area contributed by atoms with E-state index in [4.69, 9.17) is 5.21 Å². The van der Waals surface area contributed by atoms with E-state index in [0.29, 0.717) is 0 Å². The van der Waals surface area contributed by atoms with Crippen LogP contribution in [0.1, 0.15) is 33.1 Å². The van der Waals surface area contributed by atoms with Gasteiger partial charge < -0.3 is 5.21 Å². The molecule has 0 saturated heterocycles. The van der Waals surface area contributed by atoms with E-state index in [1.807, 2.05) is 6.92 Å². The van der Waals surface area contributed by atoms with Gasteiger partial charge in [-0.15, -0.1) is 0 Å². The fourth-order valence-corrected chi connectivity index (χ4v) is 0.692. The number of hydrogen-bond acceptors (Lipinski definition) is 2. The molecule has 0 saturated carbocycles. The molecule has 0 aliphatic carbocycles. The standard InChI is InChI=1S/C8H15NO/c1-3-5-6-8(4-2)7-9-10/h6-7,10H,3-5H2,1-2H3/b8-6+,9-7+. The van der Waals surface area contributed by atoms with Crippen molar-refractivity contribution in [2.75, 3.05) is 0 Å². The van der Waals surface area contributed by atoms with Crippen molar-refractivity contribution in [3.05, 3.63) is 11.6 Å². The summed E-state index contributed by atoms with van der Waals surface area (Å²) in [5.41, 5.74) is 1.10. The minimum absolute atomic E-state index is 0.935. The van der Waals surface area contributed by atoms with Crippen LogP contribution in [0.2, 0.25) is 0 Å². The highest BCUT2D eigenvalue weighted by atomic mass is 16.4. The van der Waals surface area contributed by atoms with E-state index in [1.165, 1.54) is 6.21 Å². The number of hydrogen-bond donors (Lipinski definition) is 1. The summed E-state index contributed by atoms with van der Waals surface area (Å²) >= 11 is 0. The average molecular weight is 141 g/mol. The molecule has 0 aromatic heterocycles. The molecule has 1 N–H and O–H groups in total. The number of unbranched alkanes of at least 4 members (excludes halogenated alkanes) is 1. The van der Waals surface area contributed by atoms with E-state index in [0.717, 1.165) is 24.8 Å². The lowest BCUT2D eigenvalue weighted by Crippen LogP contribution is -1.81. The van der Waals surface area contributed by atoms with Crippen molar-refractivity contribution < 1.29 is 5.21 Å². The monoisotopic (exact) mass is 141 g/mol. The maximum atomic E-state index is 8.20. The van der Waals surface area contributed by atoms with E-state index in [2.05, 4.69) is 18.2 Å². The highest BCUT2D eigenvalue weighted by Crippen LogP contribution is 2.00. The molecule has 2 nitrogen and oxygen atoms in total. The maximum Gasteiger partial charge on any atom is 0.0690 e. The molecule has 58 valence electrons. The van der Waals surface area contributed by atoms with Gasteiger partial charge in [-0.25, -0.2) is 0 Å². The molecule has 0 spiro atoms. The summed E-state index contributed by atoms with van der Waals surface area (Å²) in [7, 11) is 0. The van der Waals surface area contributed by atoms with Crippen molar-refractivity contribution in [2.24, 2.45) is 5.16 Å². The van der Waals surface area contributed by atoms with E-state index in [9.17, 15) is 0 Å². The van der Waals surface area contributed by atoms with Crippen LogP contribution >= 0.6 is 0 Å². The predicted molar refractivity (Wildman–Crippen MR) is 43.6 cm³/mol. The minimum Gasteiger partial charge on any atom is -0.411 e. The van der Waals surface area contributed by atoms with Crippen LogP contribution in [0.5, 0.6) is 0 Å². The number of oxime groups is 1. The second-order valence-corrected chi connectivity index (χ2v) is 2.17. The van der Waals surface area contributed by atoms with Gasteiger partial charge in [0.25, 0.3) is 0 Å². The lowest BCUT2D eigenvalue weighted by atomic mass is 10.2. The molecule has 0 aromatic rings. The van der Waals surface area contributed by atoms with Gasteiger partial charge in [-0.3, -0.25) is 0 Å². The van der Waals surface area contributed by atoms with Crippen LogP contribution in [-0.2, 0) is 0 Å². The fraction of sp³-hybridized carbons (Fsp3) is 0.625. The third kappa shape index (κ3) is 4.13. The Morgan fingerprint density at radius 3 is 2.60 bits per heavy atom. The van der Waals surface area contributed by atoms with Gasteiger partial charge in [0.1, 0.15) is 0 Å². The quantitative estimate of drug-likeness (QED) is 0.364. The second kappa shape index (κ2) is 6.33. The molecule has 0 aliphatic rings. The molecule has 0 atom stereocenters. The van der Waals surface area contributed by atoms with Crippen LogP contribution in [-0.4, -0.2) is 11.4 Å². The van der Waals surface area contributed by atoms with Gasteiger partial charge in [0.15, 0.2) is 0 Å². The molecule has 0 bridgehead atoms. The van der Waals surface area contributed by atoms with Crippen LogP contribution in [0, 0.1) is 0 Å². The van der Waals surface area contributed by atoms with Crippen molar-refractivity contribution in [2.45, 2.75) is 33.1 Å². The van der Waals surface area contributed by atoms with Crippen LogP contribution in [0.4, 0.5) is 0 Å². The average Bonchev–Trinajstić information content (AvgIpc) is 1.98. The third-order valence-corrected chi connectivity index (χ3v) is 1.33. The van der Waals surface area contributed by atoms with E-state index in [-0.39, 0.29) is 0 Å². The number of rotatable bonds is 4. The molecule has 0 rings (SSSR count). The smallest absolute Gasteiger partial charge is 0.0690 e. The molecule has 0 aliphatic heterocycles. The Bertz CT molecular complexity index is 127. The first-order chi connectivity index (χ1) is 4.85. The molecule has 0 fully saturated rings. The first-order valence-corrected chi connectivity index (χ1v) is 3.71. The summed E-state index contributed by atoms with van der Waals surface area (Å²) < 4.78 is 0. The van der Waals surface area contributed by atoms with Gasteiger partial charge in [0.05, 0.1) is 6.21 Å². The fourth-order valence-electron chi connectivity index (χ4n) is 0.692. The van der Waals surface area contributed by atoms with Gasteiger partial charge in [-0.1, -0.05) is 31.5 Å². The highest BCUT2D eigenvalue weighted by molar-refractivity contribution is 5.77. The second-order valence-electron chi connectivity index (χ2n) is 2.17. The zero-order valence-corrected chi connectivity index (χ0v) is 6.67. The summed E-state index contributed by atoms with van der Waals surface area (Å²) in [6.07, 6.45) is 6.73. The Labute approximate surface area is 62.2 Å².